The van der Waals surface area contributed by atoms with Crippen LogP contribution < -0.4 is 10.2 Å². The molecule has 1 aromatic heterocycles. The first-order chi connectivity index (χ1) is 16.0. The lowest BCUT2D eigenvalue weighted by Gasteiger charge is -2.33. The van der Waals surface area contributed by atoms with Crippen LogP contribution in [0.2, 0.25) is 0 Å². The van der Waals surface area contributed by atoms with Crippen molar-refractivity contribution in [2.45, 2.75) is 50.0 Å². The van der Waals surface area contributed by atoms with Gasteiger partial charge in [0.2, 0.25) is 5.95 Å². The molecule has 2 aliphatic rings. The second-order valence-electron chi connectivity index (χ2n) is 9.49. The number of aliphatic hydroxyl groups excluding tert-OH is 1. The number of anilines is 2. The van der Waals surface area contributed by atoms with Gasteiger partial charge in [-0.2, -0.15) is 4.98 Å². The van der Waals surface area contributed by atoms with Gasteiger partial charge in [-0.25, -0.2) is 4.98 Å². The van der Waals surface area contributed by atoms with Crippen molar-refractivity contribution in [2.24, 2.45) is 5.92 Å². The molecule has 0 bridgehead atoms. The SMILES string of the molecule is CC(C)[C@H](CO)Nc1nc(N2CCC(c3ccc4ccccc4c3)CC2)nc2c1S(=O)CC2. The van der Waals surface area contributed by atoms with E-state index in [0.29, 0.717) is 29.9 Å². The van der Waals surface area contributed by atoms with Gasteiger partial charge >= 0.3 is 0 Å². The van der Waals surface area contributed by atoms with E-state index in [9.17, 15) is 9.32 Å². The fourth-order valence-corrected chi connectivity index (χ4v) is 6.21. The van der Waals surface area contributed by atoms with Gasteiger partial charge in [0.05, 0.1) is 29.1 Å². The summed E-state index contributed by atoms with van der Waals surface area (Å²) in [5, 5.41) is 15.8. The van der Waals surface area contributed by atoms with E-state index < -0.39 is 10.8 Å². The number of hydrogen-bond donors (Lipinski definition) is 2. The topological polar surface area (TPSA) is 78.3 Å². The van der Waals surface area contributed by atoms with E-state index in [0.717, 1.165) is 36.5 Å². The third-order valence-corrected chi connectivity index (χ3v) is 8.48. The van der Waals surface area contributed by atoms with Gasteiger partial charge in [0, 0.05) is 25.3 Å². The Morgan fingerprint density at radius 1 is 1.12 bits per heavy atom. The number of rotatable bonds is 6. The van der Waals surface area contributed by atoms with Gasteiger partial charge < -0.3 is 15.3 Å². The fraction of sp³-hybridized carbons (Fsp3) is 0.462. The molecule has 2 N–H and O–H groups in total. The predicted molar refractivity (Wildman–Crippen MR) is 134 cm³/mol. The molecular formula is C26H32N4O2S. The second kappa shape index (κ2) is 9.39. The zero-order valence-corrected chi connectivity index (χ0v) is 20.1. The molecule has 2 aliphatic heterocycles. The predicted octanol–water partition coefficient (Wildman–Crippen LogP) is 4.11. The third-order valence-electron chi connectivity index (χ3n) is 7.02. The average molecular weight is 465 g/mol. The van der Waals surface area contributed by atoms with Crippen LogP contribution in [0.25, 0.3) is 10.8 Å². The number of aryl methyl sites for hydroxylation is 1. The van der Waals surface area contributed by atoms with Gasteiger partial charge in [-0.3, -0.25) is 4.21 Å². The van der Waals surface area contributed by atoms with Crippen LogP contribution in [0, 0.1) is 5.92 Å². The molecule has 5 rings (SSSR count). The van der Waals surface area contributed by atoms with Crippen LogP contribution >= 0.6 is 0 Å². The molecule has 7 heteroatoms. The van der Waals surface area contributed by atoms with E-state index >= 15 is 0 Å². The van der Waals surface area contributed by atoms with E-state index in [-0.39, 0.29) is 18.6 Å². The lowest BCUT2D eigenvalue weighted by Crippen LogP contribution is -2.35. The third kappa shape index (κ3) is 4.49. The van der Waals surface area contributed by atoms with Crippen LogP contribution in [0.4, 0.5) is 11.8 Å². The molecule has 3 aromatic rings. The van der Waals surface area contributed by atoms with Gasteiger partial charge in [-0.1, -0.05) is 56.3 Å². The lowest BCUT2D eigenvalue weighted by atomic mass is 9.88. The smallest absolute Gasteiger partial charge is 0.227 e. The first-order valence-corrected chi connectivity index (χ1v) is 13.3. The van der Waals surface area contributed by atoms with Crippen LogP contribution in [0.15, 0.2) is 47.4 Å². The highest BCUT2D eigenvalue weighted by atomic mass is 32.2. The zero-order chi connectivity index (χ0) is 22.9. The first-order valence-electron chi connectivity index (χ1n) is 11.9. The Bertz CT molecular complexity index is 1170. The lowest BCUT2D eigenvalue weighted by molar-refractivity contribution is 0.249. The maximum atomic E-state index is 12.6. The number of benzene rings is 2. The molecule has 0 spiro atoms. The standard InChI is InChI=1S/C26H32N4O2S/c1-17(2)23(16-31)27-25-24-22(11-14-33(24)32)28-26(29-25)30-12-9-19(10-13-30)21-8-7-18-5-3-4-6-20(18)15-21/h3-8,15,17,19,23,31H,9-14,16H2,1-2H3,(H,27,28,29)/t23-,33?/m0/s1. The molecule has 1 unspecified atom stereocenters. The van der Waals surface area contributed by atoms with Crippen LogP contribution in [-0.4, -0.2) is 50.8 Å². The van der Waals surface area contributed by atoms with Crippen LogP contribution in [0.5, 0.6) is 0 Å². The van der Waals surface area contributed by atoms with Gasteiger partial charge in [0.1, 0.15) is 10.7 Å². The van der Waals surface area contributed by atoms with Crippen molar-refractivity contribution in [3.63, 3.8) is 0 Å². The van der Waals surface area contributed by atoms with Crippen molar-refractivity contribution in [3.05, 3.63) is 53.7 Å². The minimum atomic E-state index is -1.08. The van der Waals surface area contributed by atoms with Gasteiger partial charge in [-0.05, 0) is 41.0 Å². The Kier molecular flexibility index (Phi) is 6.34. The number of aliphatic hydroxyl groups is 1. The summed E-state index contributed by atoms with van der Waals surface area (Å²) in [6.07, 6.45) is 2.82. The highest BCUT2D eigenvalue weighted by molar-refractivity contribution is 7.85. The summed E-state index contributed by atoms with van der Waals surface area (Å²) in [6.45, 7) is 5.92. The van der Waals surface area contributed by atoms with Crippen molar-refractivity contribution in [2.75, 3.05) is 35.7 Å². The van der Waals surface area contributed by atoms with Crippen molar-refractivity contribution in [1.29, 1.82) is 0 Å². The first kappa shape index (κ1) is 22.3. The van der Waals surface area contributed by atoms with E-state index in [2.05, 4.69) is 66.5 Å². The number of nitrogens with one attached hydrogen (secondary N) is 1. The van der Waals surface area contributed by atoms with Gasteiger partial charge in [0.15, 0.2) is 0 Å². The highest BCUT2D eigenvalue weighted by Gasteiger charge is 2.30. The summed E-state index contributed by atoms with van der Waals surface area (Å²) in [6, 6.07) is 15.2. The minimum absolute atomic E-state index is 0.00949. The molecule has 3 heterocycles. The molecule has 0 amide bonds. The maximum Gasteiger partial charge on any atom is 0.227 e. The summed E-state index contributed by atoms with van der Waals surface area (Å²) < 4.78 is 12.6. The molecule has 0 aliphatic carbocycles. The summed E-state index contributed by atoms with van der Waals surface area (Å²) in [4.78, 5) is 12.6. The van der Waals surface area contributed by atoms with E-state index in [1.165, 1.54) is 16.3 Å². The number of hydrogen-bond acceptors (Lipinski definition) is 6. The van der Waals surface area contributed by atoms with Crippen molar-refractivity contribution >= 4 is 33.3 Å². The van der Waals surface area contributed by atoms with E-state index in [4.69, 9.17) is 9.97 Å². The number of piperidine rings is 1. The van der Waals surface area contributed by atoms with Crippen LogP contribution in [0.1, 0.15) is 43.9 Å². The van der Waals surface area contributed by atoms with Gasteiger partial charge in [-0.15, -0.1) is 0 Å². The monoisotopic (exact) mass is 464 g/mol. The Morgan fingerprint density at radius 3 is 2.61 bits per heavy atom. The molecular weight excluding hydrogens is 432 g/mol. The molecule has 174 valence electrons. The van der Waals surface area contributed by atoms with E-state index in [1.807, 2.05) is 0 Å². The van der Waals surface area contributed by atoms with Crippen molar-refractivity contribution in [1.82, 2.24) is 9.97 Å². The molecule has 0 radical (unpaired) electrons. The molecule has 2 aromatic carbocycles. The van der Waals surface area contributed by atoms with Gasteiger partial charge in [0.25, 0.3) is 0 Å². The summed E-state index contributed by atoms with van der Waals surface area (Å²) in [5.74, 6) is 2.71. The van der Waals surface area contributed by atoms with E-state index in [1.54, 1.807) is 0 Å². The highest BCUT2D eigenvalue weighted by Crippen LogP contribution is 2.34. The van der Waals surface area contributed by atoms with Crippen molar-refractivity contribution in [3.8, 4) is 0 Å². The molecule has 1 saturated heterocycles. The Balaban J connectivity index is 1.35. The molecule has 1 fully saturated rings. The zero-order valence-electron chi connectivity index (χ0n) is 19.3. The minimum Gasteiger partial charge on any atom is -0.394 e. The largest absolute Gasteiger partial charge is 0.394 e. The van der Waals surface area contributed by atoms with Crippen molar-refractivity contribution < 1.29 is 9.32 Å². The molecule has 0 saturated carbocycles. The Hall–Kier alpha value is -2.51. The molecule has 2 atom stereocenters. The molecule has 6 nitrogen and oxygen atoms in total. The number of aromatic nitrogens is 2. The normalized spacial score (nSPS) is 19.8. The summed E-state index contributed by atoms with van der Waals surface area (Å²) in [7, 11) is -1.08. The fourth-order valence-electron chi connectivity index (χ4n) is 4.90. The average Bonchev–Trinajstić information content (AvgIpc) is 3.22. The Labute approximate surface area is 197 Å². The quantitative estimate of drug-likeness (QED) is 0.572. The number of fused-ring (bicyclic) bond motifs is 2. The molecule has 33 heavy (non-hydrogen) atoms. The Morgan fingerprint density at radius 2 is 1.88 bits per heavy atom. The summed E-state index contributed by atoms with van der Waals surface area (Å²) in [5.41, 5.74) is 2.29. The van der Waals surface area contributed by atoms with Crippen LogP contribution in [0.3, 0.4) is 0 Å². The maximum absolute atomic E-state index is 12.6. The number of nitrogens with zero attached hydrogens (tertiary/aromatic N) is 3. The van der Waals surface area contributed by atoms with Crippen LogP contribution in [-0.2, 0) is 17.2 Å². The summed E-state index contributed by atoms with van der Waals surface area (Å²) >= 11 is 0. The second-order valence-corrected chi connectivity index (χ2v) is 11.0.